The highest BCUT2D eigenvalue weighted by molar-refractivity contribution is 7.99. The molecule has 0 bridgehead atoms. The molecule has 0 spiro atoms. The van der Waals surface area contributed by atoms with Crippen LogP contribution in [0.1, 0.15) is 56.0 Å². The number of amides is 1. The fourth-order valence-electron chi connectivity index (χ4n) is 3.33. The summed E-state index contributed by atoms with van der Waals surface area (Å²) in [5.41, 5.74) is 1.12. The fourth-order valence-corrected chi connectivity index (χ4v) is 4.12. The summed E-state index contributed by atoms with van der Waals surface area (Å²) >= 11 is 1.47. The van der Waals surface area contributed by atoms with Crippen molar-refractivity contribution in [1.82, 2.24) is 19.7 Å². The maximum atomic E-state index is 13.0. The lowest BCUT2D eigenvalue weighted by atomic mass is 10.0. The smallest absolute Gasteiger partial charge is 0.237 e. The summed E-state index contributed by atoms with van der Waals surface area (Å²) in [6, 6.07) is 3.78. The van der Waals surface area contributed by atoms with Gasteiger partial charge >= 0.3 is 0 Å². The third-order valence-electron chi connectivity index (χ3n) is 4.94. The number of hydrogen-bond donors (Lipinski definition) is 0. The first-order chi connectivity index (χ1) is 12.7. The van der Waals surface area contributed by atoms with Gasteiger partial charge in [-0.15, -0.1) is 10.2 Å². The second kappa shape index (κ2) is 7.70. The van der Waals surface area contributed by atoms with E-state index in [2.05, 4.69) is 16.3 Å². The summed E-state index contributed by atoms with van der Waals surface area (Å²) in [4.78, 5) is 14.8. The van der Waals surface area contributed by atoms with Gasteiger partial charge in [-0.2, -0.15) is 0 Å². The first kappa shape index (κ1) is 17.4. The fraction of sp³-hybridized carbons (Fsp3) is 0.526. The van der Waals surface area contributed by atoms with E-state index < -0.39 is 0 Å². The van der Waals surface area contributed by atoms with E-state index in [1.165, 1.54) is 31.0 Å². The molecule has 1 saturated carbocycles. The predicted molar refractivity (Wildman–Crippen MR) is 99.5 cm³/mol. The Bertz CT molecular complexity index is 793. The number of furan rings is 1. The van der Waals surface area contributed by atoms with Gasteiger partial charge < -0.3 is 13.9 Å². The molecule has 2 aromatic heterocycles. The van der Waals surface area contributed by atoms with Gasteiger partial charge in [-0.3, -0.25) is 4.79 Å². The molecule has 6 nitrogen and oxygen atoms in total. The zero-order valence-corrected chi connectivity index (χ0v) is 15.9. The van der Waals surface area contributed by atoms with Crippen LogP contribution < -0.4 is 0 Å². The lowest BCUT2D eigenvalue weighted by Gasteiger charge is -2.27. The molecule has 2 aliphatic carbocycles. The molecule has 0 N–H and O–H groups in total. The van der Waals surface area contributed by atoms with Crippen LogP contribution in [0.4, 0.5) is 0 Å². The van der Waals surface area contributed by atoms with Crippen LogP contribution in [0.15, 0.2) is 39.7 Å². The average Bonchev–Trinajstić information content (AvgIpc) is 3.24. The van der Waals surface area contributed by atoms with Gasteiger partial charge in [0.1, 0.15) is 11.6 Å². The molecule has 0 aliphatic heterocycles. The second-order valence-electron chi connectivity index (χ2n) is 6.96. The first-order valence-electron chi connectivity index (χ1n) is 9.26. The Kier molecular flexibility index (Phi) is 5.15. The molecule has 2 aliphatic rings. The van der Waals surface area contributed by atoms with E-state index in [1.54, 1.807) is 6.26 Å². The van der Waals surface area contributed by atoms with Gasteiger partial charge in [0.15, 0.2) is 5.16 Å². The van der Waals surface area contributed by atoms with Crippen molar-refractivity contribution >= 4 is 17.7 Å². The molecule has 0 aromatic carbocycles. The minimum absolute atomic E-state index is 0.0931. The number of nitrogens with zero attached hydrogens (tertiary/aromatic N) is 4. The summed E-state index contributed by atoms with van der Waals surface area (Å²) in [5, 5.41) is 9.38. The standard InChI is InChI=1S/C19H24N4O2S/c1-22-18(14-9-10-14)20-21-19(22)26-13-17(24)23(12-16-8-5-11-25-16)15-6-3-2-4-7-15/h5-6,8,11,14H,2-4,7,9-10,12-13H2,1H3. The Morgan fingerprint density at radius 3 is 2.96 bits per heavy atom. The molecule has 0 unspecified atom stereocenters. The van der Waals surface area contributed by atoms with Crippen molar-refractivity contribution in [1.29, 1.82) is 0 Å². The third kappa shape index (κ3) is 3.87. The summed E-state index contributed by atoms with van der Waals surface area (Å²) in [6.45, 7) is 0.490. The van der Waals surface area contributed by atoms with Crippen LogP contribution in [0.5, 0.6) is 0 Å². The predicted octanol–water partition coefficient (Wildman–Crippen LogP) is 3.86. The number of carbonyl (C=O) groups excluding carboxylic acids is 1. The summed E-state index contributed by atoms with van der Waals surface area (Å²) in [5.74, 6) is 2.86. The number of hydrogen-bond acceptors (Lipinski definition) is 5. The van der Waals surface area contributed by atoms with Gasteiger partial charge in [-0.25, -0.2) is 0 Å². The lowest BCUT2D eigenvalue weighted by Crippen LogP contribution is -2.32. The van der Waals surface area contributed by atoms with Crippen molar-refractivity contribution in [2.45, 2.75) is 56.1 Å². The molecule has 26 heavy (non-hydrogen) atoms. The summed E-state index contributed by atoms with van der Waals surface area (Å²) < 4.78 is 7.50. The molecule has 0 saturated heterocycles. The third-order valence-corrected chi connectivity index (χ3v) is 5.95. The van der Waals surface area contributed by atoms with Crippen LogP contribution in [0, 0.1) is 0 Å². The minimum Gasteiger partial charge on any atom is -0.467 e. The van der Waals surface area contributed by atoms with Crippen molar-refractivity contribution in [2.75, 3.05) is 5.75 Å². The Balaban J connectivity index is 1.44. The first-order valence-corrected chi connectivity index (χ1v) is 10.2. The van der Waals surface area contributed by atoms with E-state index in [9.17, 15) is 4.79 Å². The number of thioether (sulfide) groups is 1. The van der Waals surface area contributed by atoms with Gasteiger partial charge in [-0.1, -0.05) is 17.8 Å². The van der Waals surface area contributed by atoms with Gasteiger partial charge in [0, 0.05) is 18.7 Å². The van der Waals surface area contributed by atoms with Crippen LogP contribution in [-0.2, 0) is 18.4 Å². The molecule has 1 amide bonds. The van der Waals surface area contributed by atoms with E-state index in [0.29, 0.717) is 18.2 Å². The van der Waals surface area contributed by atoms with Crippen LogP contribution in [0.3, 0.4) is 0 Å². The summed E-state index contributed by atoms with van der Waals surface area (Å²) in [6.07, 6.45) is 10.6. The van der Waals surface area contributed by atoms with Crippen LogP contribution >= 0.6 is 11.8 Å². The molecule has 2 heterocycles. The zero-order valence-electron chi connectivity index (χ0n) is 15.1. The lowest BCUT2D eigenvalue weighted by molar-refractivity contribution is -0.127. The summed E-state index contributed by atoms with van der Waals surface area (Å²) in [7, 11) is 1.99. The van der Waals surface area contributed by atoms with E-state index in [1.807, 2.05) is 28.6 Å². The van der Waals surface area contributed by atoms with E-state index in [-0.39, 0.29) is 5.91 Å². The molecule has 138 valence electrons. The maximum Gasteiger partial charge on any atom is 0.237 e. The Morgan fingerprint density at radius 2 is 2.27 bits per heavy atom. The molecule has 0 atom stereocenters. The topological polar surface area (TPSA) is 64.2 Å². The SMILES string of the molecule is Cn1c(SCC(=O)N(Cc2ccco2)C2=CCCCC2)nnc1C1CC1. The van der Waals surface area contributed by atoms with Gasteiger partial charge in [0.05, 0.1) is 18.6 Å². The molecular weight excluding hydrogens is 348 g/mol. The van der Waals surface area contributed by atoms with Crippen molar-refractivity contribution < 1.29 is 9.21 Å². The monoisotopic (exact) mass is 372 g/mol. The molecule has 1 fully saturated rings. The number of carbonyl (C=O) groups is 1. The van der Waals surface area contributed by atoms with Crippen molar-refractivity contribution in [2.24, 2.45) is 7.05 Å². The highest BCUT2D eigenvalue weighted by Crippen LogP contribution is 2.39. The van der Waals surface area contributed by atoms with Gasteiger partial charge in [-0.05, 0) is 50.7 Å². The van der Waals surface area contributed by atoms with Gasteiger partial charge in [0.2, 0.25) is 5.91 Å². The van der Waals surface area contributed by atoms with Crippen molar-refractivity contribution in [3.8, 4) is 0 Å². The van der Waals surface area contributed by atoms with Crippen molar-refractivity contribution in [3.05, 3.63) is 41.8 Å². The maximum absolute atomic E-state index is 13.0. The Morgan fingerprint density at radius 1 is 1.38 bits per heavy atom. The van der Waals surface area contributed by atoms with Crippen LogP contribution in [0.2, 0.25) is 0 Å². The molecule has 7 heteroatoms. The second-order valence-corrected chi connectivity index (χ2v) is 7.91. The molecular formula is C19H24N4O2S. The number of allylic oxidation sites excluding steroid dienone is 2. The average molecular weight is 372 g/mol. The molecule has 0 radical (unpaired) electrons. The van der Waals surface area contributed by atoms with E-state index in [0.717, 1.165) is 41.7 Å². The van der Waals surface area contributed by atoms with Gasteiger partial charge in [0.25, 0.3) is 0 Å². The van der Waals surface area contributed by atoms with E-state index >= 15 is 0 Å². The van der Waals surface area contributed by atoms with Crippen LogP contribution in [0.25, 0.3) is 0 Å². The number of aromatic nitrogens is 3. The Labute approximate surface area is 157 Å². The largest absolute Gasteiger partial charge is 0.467 e. The van der Waals surface area contributed by atoms with Crippen molar-refractivity contribution in [3.63, 3.8) is 0 Å². The quantitative estimate of drug-likeness (QED) is 0.691. The van der Waals surface area contributed by atoms with E-state index in [4.69, 9.17) is 4.42 Å². The number of rotatable bonds is 7. The minimum atomic E-state index is 0.0931. The highest BCUT2D eigenvalue weighted by Gasteiger charge is 2.29. The molecule has 4 rings (SSSR count). The zero-order chi connectivity index (χ0) is 17.9. The highest BCUT2D eigenvalue weighted by atomic mass is 32.2. The van der Waals surface area contributed by atoms with Crippen LogP contribution in [-0.4, -0.2) is 31.3 Å². The molecule has 2 aromatic rings. The Hall–Kier alpha value is -2.02. The normalized spacial score (nSPS) is 17.2.